The van der Waals surface area contributed by atoms with Gasteiger partial charge in [0.1, 0.15) is 5.82 Å². The molecule has 178 valence electrons. The van der Waals surface area contributed by atoms with Crippen LogP contribution in [0.25, 0.3) is 0 Å². The summed E-state index contributed by atoms with van der Waals surface area (Å²) in [6.45, 7) is 3.82. The monoisotopic (exact) mass is 470 g/mol. The van der Waals surface area contributed by atoms with Crippen molar-refractivity contribution in [3.05, 3.63) is 59.4 Å². The minimum absolute atomic E-state index is 0.0719. The molecule has 2 aromatic rings. The van der Waals surface area contributed by atoms with Gasteiger partial charge in [0.25, 0.3) is 5.91 Å². The highest BCUT2D eigenvalue weighted by molar-refractivity contribution is 6.07. The number of aromatic carboxylic acids is 1. The number of rotatable bonds is 4. The predicted molar refractivity (Wildman–Crippen MR) is 112 cm³/mol. The first-order valence-electron chi connectivity index (χ1n) is 9.88. The molecule has 0 bridgehead atoms. The number of carbonyl (C=O) groups excluding carboxylic acids is 1. The molecule has 1 unspecified atom stereocenters. The Morgan fingerprint density at radius 2 is 1.73 bits per heavy atom. The van der Waals surface area contributed by atoms with Crippen molar-refractivity contribution >= 4 is 29.2 Å². The van der Waals surface area contributed by atoms with Crippen LogP contribution in [0.2, 0.25) is 0 Å². The molecule has 7 nitrogen and oxygen atoms in total. The quantitative estimate of drug-likeness (QED) is 0.562. The lowest BCUT2D eigenvalue weighted by molar-refractivity contribution is -0.192. The molecule has 3 rings (SSSR count). The summed E-state index contributed by atoms with van der Waals surface area (Å²) in [4.78, 5) is 34.8. The summed E-state index contributed by atoms with van der Waals surface area (Å²) < 4.78 is 45.6. The molecule has 0 spiro atoms. The summed E-state index contributed by atoms with van der Waals surface area (Å²) >= 11 is 0. The fourth-order valence-corrected chi connectivity index (χ4v) is 3.29. The summed E-state index contributed by atoms with van der Waals surface area (Å²) in [6.07, 6.45) is -2.91. The number of nitrogens with one attached hydrogen (secondary N) is 1. The second-order valence-electron chi connectivity index (χ2n) is 7.47. The van der Waals surface area contributed by atoms with Crippen LogP contribution in [0.1, 0.15) is 40.5 Å². The second kappa shape index (κ2) is 10.8. The number of alkyl halides is 3. The SMILES string of the molecule is CC1CCCN(c2ccc(C(=O)O)cc2NC(=O)c2ccccc2F)C1.O=C(O)C(F)(F)F. The number of nitrogens with zero attached hydrogens (tertiary/aromatic N) is 1. The van der Waals surface area contributed by atoms with Crippen molar-refractivity contribution in [3.63, 3.8) is 0 Å². The van der Waals surface area contributed by atoms with Gasteiger partial charge in [-0.3, -0.25) is 4.79 Å². The fourth-order valence-electron chi connectivity index (χ4n) is 3.29. The van der Waals surface area contributed by atoms with Crippen LogP contribution in [0, 0.1) is 11.7 Å². The van der Waals surface area contributed by atoms with Crippen molar-refractivity contribution in [1.82, 2.24) is 0 Å². The predicted octanol–water partition coefficient (Wildman–Crippen LogP) is 4.65. The highest BCUT2D eigenvalue weighted by Gasteiger charge is 2.38. The van der Waals surface area contributed by atoms with E-state index in [0.29, 0.717) is 11.6 Å². The molecule has 1 saturated heterocycles. The highest BCUT2D eigenvalue weighted by atomic mass is 19.4. The van der Waals surface area contributed by atoms with Gasteiger partial charge < -0.3 is 20.4 Å². The summed E-state index contributed by atoms with van der Waals surface area (Å²) in [5.41, 5.74) is 1.13. The Balaban J connectivity index is 0.000000479. The van der Waals surface area contributed by atoms with Crippen molar-refractivity contribution in [2.75, 3.05) is 23.3 Å². The number of aliphatic carboxylic acids is 1. The molecule has 1 aliphatic rings. The van der Waals surface area contributed by atoms with Crippen LogP contribution in [0.15, 0.2) is 42.5 Å². The summed E-state index contributed by atoms with van der Waals surface area (Å²) in [5.74, 6) is -4.54. The summed E-state index contributed by atoms with van der Waals surface area (Å²) in [6, 6.07) is 10.4. The van der Waals surface area contributed by atoms with E-state index >= 15 is 0 Å². The first-order valence-corrected chi connectivity index (χ1v) is 9.88. The Bertz CT molecular complexity index is 1030. The Morgan fingerprint density at radius 1 is 1.09 bits per heavy atom. The Labute approximate surface area is 186 Å². The van der Waals surface area contributed by atoms with Crippen molar-refractivity contribution in [2.45, 2.75) is 25.9 Å². The van der Waals surface area contributed by atoms with Gasteiger partial charge in [-0.25, -0.2) is 14.0 Å². The molecule has 1 amide bonds. The smallest absolute Gasteiger partial charge is 0.478 e. The molecule has 0 saturated carbocycles. The van der Waals surface area contributed by atoms with Crippen LogP contribution < -0.4 is 10.2 Å². The van der Waals surface area contributed by atoms with E-state index in [1.165, 1.54) is 30.3 Å². The topological polar surface area (TPSA) is 107 Å². The number of amides is 1. The van der Waals surface area contributed by atoms with Crippen LogP contribution in [-0.2, 0) is 4.79 Å². The van der Waals surface area contributed by atoms with Gasteiger partial charge in [0.05, 0.1) is 22.5 Å². The van der Waals surface area contributed by atoms with E-state index in [4.69, 9.17) is 9.90 Å². The van der Waals surface area contributed by atoms with Crippen molar-refractivity contribution in [1.29, 1.82) is 0 Å². The summed E-state index contributed by atoms with van der Waals surface area (Å²) in [5, 5.41) is 19.1. The zero-order chi connectivity index (χ0) is 24.8. The molecule has 1 heterocycles. The van der Waals surface area contributed by atoms with Crippen LogP contribution in [0.3, 0.4) is 0 Å². The van der Waals surface area contributed by atoms with E-state index in [-0.39, 0.29) is 11.1 Å². The number of halogens is 4. The van der Waals surface area contributed by atoms with Gasteiger partial charge in [0, 0.05) is 13.1 Å². The molecule has 1 aliphatic heterocycles. The molecule has 0 aliphatic carbocycles. The van der Waals surface area contributed by atoms with E-state index < -0.39 is 29.8 Å². The van der Waals surface area contributed by atoms with Gasteiger partial charge in [-0.2, -0.15) is 13.2 Å². The maximum atomic E-state index is 13.9. The van der Waals surface area contributed by atoms with Gasteiger partial charge in [-0.15, -0.1) is 0 Å². The van der Waals surface area contributed by atoms with Gasteiger partial charge in [-0.05, 0) is 49.1 Å². The molecule has 2 aromatic carbocycles. The molecule has 33 heavy (non-hydrogen) atoms. The van der Waals surface area contributed by atoms with E-state index in [1.807, 2.05) is 0 Å². The first kappa shape index (κ1) is 25.6. The van der Waals surface area contributed by atoms with Gasteiger partial charge in [0.15, 0.2) is 0 Å². The minimum atomic E-state index is -5.08. The molecule has 1 fully saturated rings. The third kappa shape index (κ3) is 7.19. The molecule has 3 N–H and O–H groups in total. The zero-order valence-corrected chi connectivity index (χ0v) is 17.5. The number of carboxylic acid groups (broad SMARTS) is 2. The summed E-state index contributed by atoms with van der Waals surface area (Å²) in [7, 11) is 0. The maximum Gasteiger partial charge on any atom is 0.490 e. The van der Waals surface area contributed by atoms with Crippen molar-refractivity contribution in [3.8, 4) is 0 Å². The number of carbonyl (C=O) groups is 3. The first-order chi connectivity index (χ1) is 15.4. The lowest BCUT2D eigenvalue weighted by Crippen LogP contribution is -2.35. The number of benzene rings is 2. The van der Waals surface area contributed by atoms with E-state index in [9.17, 15) is 32.3 Å². The third-order valence-electron chi connectivity index (χ3n) is 4.85. The van der Waals surface area contributed by atoms with Crippen LogP contribution in [0.4, 0.5) is 28.9 Å². The Morgan fingerprint density at radius 3 is 2.27 bits per heavy atom. The molecule has 0 aromatic heterocycles. The third-order valence-corrected chi connectivity index (χ3v) is 4.85. The lowest BCUT2D eigenvalue weighted by atomic mass is 9.99. The van der Waals surface area contributed by atoms with Crippen molar-refractivity contribution in [2.24, 2.45) is 5.92 Å². The zero-order valence-electron chi connectivity index (χ0n) is 17.5. The number of piperidine rings is 1. The number of hydrogen-bond donors (Lipinski definition) is 3. The van der Waals surface area contributed by atoms with Crippen molar-refractivity contribution < 1.29 is 42.2 Å². The normalized spacial score (nSPS) is 15.8. The average Bonchev–Trinajstić information content (AvgIpc) is 2.73. The fraction of sp³-hybridized carbons (Fsp3) is 0.318. The van der Waals surface area contributed by atoms with Crippen LogP contribution in [-0.4, -0.2) is 47.3 Å². The molecule has 0 radical (unpaired) electrons. The maximum absolute atomic E-state index is 13.9. The molecular weight excluding hydrogens is 448 g/mol. The van der Waals surface area contributed by atoms with Crippen LogP contribution >= 0.6 is 0 Å². The van der Waals surface area contributed by atoms with Gasteiger partial charge >= 0.3 is 18.1 Å². The molecular formula is C22H22F4N2O5. The van der Waals surface area contributed by atoms with E-state index in [2.05, 4.69) is 17.1 Å². The van der Waals surface area contributed by atoms with E-state index in [1.54, 1.807) is 12.1 Å². The lowest BCUT2D eigenvalue weighted by Gasteiger charge is -2.34. The van der Waals surface area contributed by atoms with Gasteiger partial charge in [-0.1, -0.05) is 19.1 Å². The Hall–Kier alpha value is -3.63. The number of hydrogen-bond acceptors (Lipinski definition) is 4. The second-order valence-corrected chi connectivity index (χ2v) is 7.47. The van der Waals surface area contributed by atoms with Gasteiger partial charge in [0.2, 0.25) is 0 Å². The minimum Gasteiger partial charge on any atom is -0.478 e. The molecule has 11 heteroatoms. The number of anilines is 2. The number of carboxylic acids is 2. The standard InChI is InChI=1S/C20H21FN2O3.C2HF3O2/c1-13-5-4-10-23(12-13)18-9-8-14(20(25)26)11-17(18)22-19(24)15-6-2-3-7-16(15)21;3-2(4,5)1(6)7/h2-3,6-9,11,13H,4-5,10,12H2,1H3,(H,22,24)(H,25,26);(H,6,7). The largest absolute Gasteiger partial charge is 0.490 e. The average molecular weight is 470 g/mol. The highest BCUT2D eigenvalue weighted by Crippen LogP contribution is 2.31. The Kier molecular flexibility index (Phi) is 8.38. The molecule has 1 atom stereocenters. The van der Waals surface area contributed by atoms with Crippen LogP contribution in [0.5, 0.6) is 0 Å². The van der Waals surface area contributed by atoms with E-state index in [0.717, 1.165) is 31.6 Å².